The first-order valence-corrected chi connectivity index (χ1v) is 6.68. The maximum atomic E-state index is 10.7. The van der Waals surface area contributed by atoms with Crippen molar-refractivity contribution in [3.05, 3.63) is 59.7 Å². The van der Waals surface area contributed by atoms with Gasteiger partial charge in [-0.15, -0.1) is 0 Å². The van der Waals surface area contributed by atoms with E-state index in [0.29, 0.717) is 10.8 Å². The molecule has 0 amide bonds. The molecule has 0 aliphatic rings. The van der Waals surface area contributed by atoms with Crippen molar-refractivity contribution in [3.63, 3.8) is 0 Å². The molecule has 2 rings (SSSR count). The molecular formula is C15H15N3O2S. The summed E-state index contributed by atoms with van der Waals surface area (Å²) in [6.45, 7) is 2.00. The first-order valence-electron chi connectivity index (χ1n) is 6.27. The van der Waals surface area contributed by atoms with Gasteiger partial charge in [0.15, 0.2) is 5.11 Å². The molecule has 0 saturated carbocycles. The lowest BCUT2D eigenvalue weighted by Gasteiger charge is -2.13. The van der Waals surface area contributed by atoms with Crippen LogP contribution in [0.2, 0.25) is 0 Å². The minimum Gasteiger partial charge on any atom is -0.478 e. The average Bonchev–Trinajstić information content (AvgIpc) is 2.45. The SMILES string of the molecule is Cc1cccc(NC(=S)NNc2ccc(C(=O)O)cc2)c1. The lowest BCUT2D eigenvalue weighted by molar-refractivity contribution is 0.0697. The highest BCUT2D eigenvalue weighted by Gasteiger charge is 2.02. The Morgan fingerprint density at radius 3 is 2.43 bits per heavy atom. The molecule has 0 aromatic heterocycles. The summed E-state index contributed by atoms with van der Waals surface area (Å²) in [6.07, 6.45) is 0. The number of benzene rings is 2. The molecule has 0 atom stereocenters. The highest BCUT2D eigenvalue weighted by atomic mass is 32.1. The number of carboxylic acid groups (broad SMARTS) is 1. The fourth-order valence-corrected chi connectivity index (χ4v) is 1.88. The van der Waals surface area contributed by atoms with Gasteiger partial charge in [0, 0.05) is 5.69 Å². The third-order valence-electron chi connectivity index (χ3n) is 2.73. The van der Waals surface area contributed by atoms with Crippen molar-refractivity contribution in [2.45, 2.75) is 6.92 Å². The highest BCUT2D eigenvalue weighted by Crippen LogP contribution is 2.10. The van der Waals surface area contributed by atoms with Crippen LogP contribution in [0, 0.1) is 6.92 Å². The van der Waals surface area contributed by atoms with E-state index in [1.54, 1.807) is 12.1 Å². The number of carboxylic acids is 1. The Bertz CT molecular complexity index is 656. The Hall–Kier alpha value is -2.60. The zero-order chi connectivity index (χ0) is 15.2. The minimum atomic E-state index is -0.953. The lowest BCUT2D eigenvalue weighted by atomic mass is 10.2. The topological polar surface area (TPSA) is 73.4 Å². The summed E-state index contributed by atoms with van der Waals surface area (Å²) in [7, 11) is 0. The van der Waals surface area contributed by atoms with Gasteiger partial charge in [0.2, 0.25) is 0 Å². The molecule has 0 saturated heterocycles. The second-order valence-corrected chi connectivity index (χ2v) is 4.86. The summed E-state index contributed by atoms with van der Waals surface area (Å²) >= 11 is 5.17. The number of hydrogen-bond donors (Lipinski definition) is 4. The van der Waals surface area contributed by atoms with E-state index >= 15 is 0 Å². The van der Waals surface area contributed by atoms with Gasteiger partial charge in [-0.3, -0.25) is 10.9 Å². The van der Waals surface area contributed by atoms with Crippen molar-refractivity contribution < 1.29 is 9.90 Å². The van der Waals surface area contributed by atoms with Crippen molar-refractivity contribution in [2.24, 2.45) is 0 Å². The average molecular weight is 301 g/mol. The van der Waals surface area contributed by atoms with Gasteiger partial charge in [-0.1, -0.05) is 12.1 Å². The summed E-state index contributed by atoms with van der Waals surface area (Å²) in [5.41, 5.74) is 8.73. The minimum absolute atomic E-state index is 0.237. The quantitative estimate of drug-likeness (QED) is 0.514. The van der Waals surface area contributed by atoms with Gasteiger partial charge < -0.3 is 10.4 Å². The number of nitrogens with one attached hydrogen (secondary N) is 3. The fraction of sp³-hybridized carbons (Fsp3) is 0.0667. The summed E-state index contributed by atoms with van der Waals surface area (Å²) in [5.74, 6) is -0.953. The largest absolute Gasteiger partial charge is 0.478 e. The summed E-state index contributed by atoms with van der Waals surface area (Å²) in [5, 5.41) is 12.3. The highest BCUT2D eigenvalue weighted by molar-refractivity contribution is 7.80. The van der Waals surface area contributed by atoms with Crippen LogP contribution in [0.1, 0.15) is 15.9 Å². The van der Waals surface area contributed by atoms with E-state index in [2.05, 4.69) is 16.2 Å². The number of anilines is 2. The van der Waals surface area contributed by atoms with Gasteiger partial charge in [-0.05, 0) is 61.1 Å². The summed E-state index contributed by atoms with van der Waals surface area (Å²) in [6, 6.07) is 14.2. The van der Waals surface area contributed by atoms with Gasteiger partial charge in [-0.25, -0.2) is 4.79 Å². The number of carbonyl (C=O) groups is 1. The van der Waals surface area contributed by atoms with Crippen LogP contribution < -0.4 is 16.2 Å². The molecule has 0 fully saturated rings. The van der Waals surface area contributed by atoms with Crippen LogP contribution in [0.5, 0.6) is 0 Å². The van der Waals surface area contributed by atoms with E-state index in [0.717, 1.165) is 11.3 Å². The molecule has 108 valence electrons. The fourth-order valence-electron chi connectivity index (χ4n) is 1.71. The van der Waals surface area contributed by atoms with E-state index in [9.17, 15) is 4.79 Å². The molecule has 0 unspecified atom stereocenters. The number of hydrogen-bond acceptors (Lipinski definition) is 3. The van der Waals surface area contributed by atoms with Crippen LogP contribution in [0.3, 0.4) is 0 Å². The van der Waals surface area contributed by atoms with Crippen molar-refractivity contribution >= 4 is 34.7 Å². The van der Waals surface area contributed by atoms with E-state index in [1.165, 1.54) is 12.1 Å². The van der Waals surface area contributed by atoms with Gasteiger partial charge in [0.1, 0.15) is 0 Å². The molecule has 0 spiro atoms. The van der Waals surface area contributed by atoms with Crippen LogP contribution >= 0.6 is 12.2 Å². The normalized spacial score (nSPS) is 9.76. The second-order valence-electron chi connectivity index (χ2n) is 4.46. The third kappa shape index (κ3) is 4.47. The Kier molecular flexibility index (Phi) is 4.73. The van der Waals surface area contributed by atoms with Crippen molar-refractivity contribution in [2.75, 3.05) is 10.7 Å². The van der Waals surface area contributed by atoms with E-state index in [4.69, 9.17) is 17.3 Å². The van der Waals surface area contributed by atoms with Gasteiger partial charge in [0.25, 0.3) is 0 Å². The number of aryl methyl sites for hydroxylation is 1. The molecule has 6 heteroatoms. The van der Waals surface area contributed by atoms with Gasteiger partial charge in [0.05, 0.1) is 11.3 Å². The molecule has 2 aromatic carbocycles. The van der Waals surface area contributed by atoms with Gasteiger partial charge >= 0.3 is 5.97 Å². The monoisotopic (exact) mass is 301 g/mol. The van der Waals surface area contributed by atoms with Crippen LogP contribution in [0.25, 0.3) is 0 Å². The predicted octanol–water partition coefficient (Wildman–Crippen LogP) is 3.01. The second kappa shape index (κ2) is 6.71. The smallest absolute Gasteiger partial charge is 0.335 e. The number of rotatable bonds is 4. The molecule has 0 aliphatic heterocycles. The van der Waals surface area contributed by atoms with E-state index in [-0.39, 0.29) is 5.56 Å². The van der Waals surface area contributed by atoms with Gasteiger partial charge in [-0.2, -0.15) is 0 Å². The first-order chi connectivity index (χ1) is 10.0. The molecule has 0 radical (unpaired) electrons. The molecular weight excluding hydrogens is 286 g/mol. The molecule has 2 aromatic rings. The standard InChI is InChI=1S/C15H15N3O2S/c1-10-3-2-4-13(9-10)16-15(21)18-17-12-7-5-11(6-8-12)14(19)20/h2-9,17H,1H3,(H,19,20)(H2,16,18,21). The van der Waals surface area contributed by atoms with Crippen molar-refractivity contribution in [3.8, 4) is 0 Å². The molecule has 4 N–H and O–H groups in total. The Labute approximate surface area is 128 Å². The number of thiocarbonyl (C=S) groups is 1. The number of aromatic carboxylic acids is 1. The van der Waals surface area contributed by atoms with Crippen LogP contribution in [0.4, 0.5) is 11.4 Å². The zero-order valence-corrected chi connectivity index (χ0v) is 12.2. The molecule has 0 bridgehead atoms. The number of hydrazine groups is 1. The predicted molar refractivity (Wildman–Crippen MR) is 87.6 cm³/mol. The zero-order valence-electron chi connectivity index (χ0n) is 11.4. The molecule has 0 heterocycles. The maximum Gasteiger partial charge on any atom is 0.335 e. The molecule has 21 heavy (non-hydrogen) atoms. The van der Waals surface area contributed by atoms with Crippen LogP contribution in [-0.4, -0.2) is 16.2 Å². The Morgan fingerprint density at radius 2 is 1.81 bits per heavy atom. The Morgan fingerprint density at radius 1 is 1.10 bits per heavy atom. The van der Waals surface area contributed by atoms with Crippen LogP contribution in [-0.2, 0) is 0 Å². The van der Waals surface area contributed by atoms with E-state index in [1.807, 2.05) is 31.2 Å². The van der Waals surface area contributed by atoms with Crippen LogP contribution in [0.15, 0.2) is 48.5 Å². The van der Waals surface area contributed by atoms with E-state index < -0.39 is 5.97 Å². The summed E-state index contributed by atoms with van der Waals surface area (Å²) < 4.78 is 0. The van der Waals surface area contributed by atoms with Crippen molar-refractivity contribution in [1.29, 1.82) is 0 Å². The maximum absolute atomic E-state index is 10.7. The Balaban J connectivity index is 1.87. The molecule has 5 nitrogen and oxygen atoms in total. The third-order valence-corrected chi connectivity index (χ3v) is 2.93. The summed E-state index contributed by atoms with van der Waals surface area (Å²) in [4.78, 5) is 10.7. The van der Waals surface area contributed by atoms with Crippen molar-refractivity contribution in [1.82, 2.24) is 5.43 Å². The first kappa shape index (κ1) is 14.8. The molecule has 0 aliphatic carbocycles. The lowest BCUT2D eigenvalue weighted by Crippen LogP contribution is -2.33.